The molecule has 0 aromatic rings. The van der Waals surface area contributed by atoms with Gasteiger partial charge in [-0.15, -0.1) is 0 Å². The first kappa shape index (κ1) is 18.6. The third-order valence-corrected chi connectivity index (χ3v) is 3.01. The summed E-state index contributed by atoms with van der Waals surface area (Å²) in [5, 5.41) is 13.4. The molecule has 0 spiro atoms. The van der Waals surface area contributed by atoms with E-state index < -0.39 is 33.6 Å². The van der Waals surface area contributed by atoms with Crippen molar-refractivity contribution in [1.29, 1.82) is 0 Å². The van der Waals surface area contributed by atoms with Crippen LogP contribution in [0.4, 0.5) is 4.79 Å². The standard InChI is InChI=1S/C10H21N3O6S/c1-10(2,13-20(4,17)18)6-11-9(16)12-7(5-19-3)8(14)15/h7,13H,5-6H2,1-4H3,(H,14,15)(H2,11,12,16). The Balaban J connectivity index is 4.37. The maximum Gasteiger partial charge on any atom is 0.328 e. The van der Waals surface area contributed by atoms with Gasteiger partial charge < -0.3 is 20.5 Å². The van der Waals surface area contributed by atoms with E-state index in [1.165, 1.54) is 7.11 Å². The number of hydrogen-bond donors (Lipinski definition) is 4. The molecule has 0 saturated heterocycles. The Kier molecular flexibility index (Phi) is 6.89. The topological polar surface area (TPSA) is 134 Å². The molecule has 0 bridgehead atoms. The van der Waals surface area contributed by atoms with Crippen LogP contribution in [0.3, 0.4) is 0 Å². The Hall–Kier alpha value is -1.39. The summed E-state index contributed by atoms with van der Waals surface area (Å²) in [6.07, 6.45) is 1.01. The van der Waals surface area contributed by atoms with Crippen LogP contribution in [0.5, 0.6) is 0 Å². The van der Waals surface area contributed by atoms with Gasteiger partial charge >= 0.3 is 12.0 Å². The van der Waals surface area contributed by atoms with Gasteiger partial charge in [0.15, 0.2) is 6.04 Å². The molecule has 0 heterocycles. The Morgan fingerprint density at radius 2 is 1.90 bits per heavy atom. The molecule has 0 aromatic carbocycles. The number of carboxylic acid groups (broad SMARTS) is 1. The van der Waals surface area contributed by atoms with Crippen molar-refractivity contribution in [2.45, 2.75) is 25.4 Å². The number of urea groups is 1. The third-order valence-electron chi connectivity index (χ3n) is 2.09. The highest BCUT2D eigenvalue weighted by molar-refractivity contribution is 7.88. The lowest BCUT2D eigenvalue weighted by molar-refractivity contribution is -0.140. The lowest BCUT2D eigenvalue weighted by Gasteiger charge is -2.25. The van der Waals surface area contributed by atoms with Crippen LogP contribution >= 0.6 is 0 Å². The van der Waals surface area contributed by atoms with Crippen molar-refractivity contribution in [2.75, 3.05) is 26.5 Å². The maximum absolute atomic E-state index is 11.5. The van der Waals surface area contributed by atoms with Gasteiger partial charge in [-0.2, -0.15) is 0 Å². The van der Waals surface area contributed by atoms with Crippen LogP contribution in [-0.4, -0.2) is 63.6 Å². The molecule has 9 nitrogen and oxygen atoms in total. The number of amides is 2. The third kappa shape index (κ3) is 8.67. The largest absolute Gasteiger partial charge is 0.480 e. The van der Waals surface area contributed by atoms with Crippen molar-refractivity contribution >= 4 is 22.0 Å². The fraction of sp³-hybridized carbons (Fsp3) is 0.800. The van der Waals surface area contributed by atoms with Gasteiger partial charge in [-0.3, -0.25) is 0 Å². The summed E-state index contributed by atoms with van der Waals surface area (Å²) in [5.41, 5.74) is -0.898. The number of methoxy groups -OCH3 is 1. The molecule has 0 rings (SSSR count). The second-order valence-electron chi connectivity index (χ2n) is 4.93. The molecule has 0 fully saturated rings. The van der Waals surface area contributed by atoms with E-state index in [4.69, 9.17) is 5.11 Å². The molecule has 0 aliphatic heterocycles. The highest BCUT2D eigenvalue weighted by atomic mass is 32.2. The molecule has 1 atom stereocenters. The number of hydrogen-bond acceptors (Lipinski definition) is 5. The molecule has 118 valence electrons. The van der Waals surface area contributed by atoms with Gasteiger partial charge in [0.1, 0.15) is 0 Å². The van der Waals surface area contributed by atoms with Crippen molar-refractivity contribution in [3.05, 3.63) is 0 Å². The highest BCUT2D eigenvalue weighted by Crippen LogP contribution is 2.01. The molecule has 20 heavy (non-hydrogen) atoms. The van der Waals surface area contributed by atoms with Crippen LogP contribution < -0.4 is 15.4 Å². The quantitative estimate of drug-likeness (QED) is 0.441. The van der Waals surface area contributed by atoms with Crippen LogP contribution in [0.2, 0.25) is 0 Å². The van der Waals surface area contributed by atoms with Crippen LogP contribution in [0, 0.1) is 0 Å². The Bertz CT molecular complexity index is 448. The fourth-order valence-electron chi connectivity index (χ4n) is 1.39. The fourth-order valence-corrected chi connectivity index (χ4v) is 2.47. The number of sulfonamides is 1. The van der Waals surface area contributed by atoms with Gasteiger partial charge in [0.25, 0.3) is 0 Å². The smallest absolute Gasteiger partial charge is 0.328 e. The molecule has 1 unspecified atom stereocenters. The predicted octanol–water partition coefficient (Wildman–Crippen LogP) is -1.29. The number of carboxylic acids is 1. The first-order chi connectivity index (χ1) is 8.97. The summed E-state index contributed by atoms with van der Waals surface area (Å²) in [6.45, 7) is 2.98. The lowest BCUT2D eigenvalue weighted by Crippen LogP contribution is -2.55. The zero-order valence-electron chi connectivity index (χ0n) is 11.9. The van der Waals surface area contributed by atoms with Crippen molar-refractivity contribution in [1.82, 2.24) is 15.4 Å². The van der Waals surface area contributed by atoms with E-state index in [-0.39, 0.29) is 13.2 Å². The number of carbonyl (C=O) groups excluding carboxylic acids is 1. The Morgan fingerprint density at radius 1 is 1.35 bits per heavy atom. The van der Waals surface area contributed by atoms with E-state index in [0.29, 0.717) is 0 Å². The van der Waals surface area contributed by atoms with Crippen molar-refractivity contribution < 1.29 is 27.9 Å². The summed E-state index contributed by atoms with van der Waals surface area (Å²) < 4.78 is 29.2. The molecular formula is C10H21N3O6S. The van der Waals surface area contributed by atoms with E-state index in [2.05, 4.69) is 20.1 Å². The summed E-state index contributed by atoms with van der Waals surface area (Å²) in [7, 11) is -2.10. The predicted molar refractivity (Wildman–Crippen MR) is 71.9 cm³/mol. The van der Waals surface area contributed by atoms with Crippen molar-refractivity contribution in [3.63, 3.8) is 0 Å². The average molecular weight is 311 g/mol. The number of carbonyl (C=O) groups is 2. The van der Waals surface area contributed by atoms with Gasteiger partial charge in [-0.05, 0) is 13.8 Å². The molecule has 4 N–H and O–H groups in total. The molecule has 0 radical (unpaired) electrons. The monoisotopic (exact) mass is 311 g/mol. The molecule has 0 aliphatic carbocycles. The summed E-state index contributed by atoms with van der Waals surface area (Å²) >= 11 is 0. The minimum Gasteiger partial charge on any atom is -0.480 e. The van der Waals surface area contributed by atoms with E-state index in [9.17, 15) is 18.0 Å². The van der Waals surface area contributed by atoms with E-state index in [1.54, 1.807) is 13.8 Å². The molecular weight excluding hydrogens is 290 g/mol. The highest BCUT2D eigenvalue weighted by Gasteiger charge is 2.24. The van der Waals surface area contributed by atoms with Gasteiger partial charge in [0, 0.05) is 19.2 Å². The summed E-state index contributed by atoms with van der Waals surface area (Å²) in [6, 6.07) is -1.90. The molecule has 0 aromatic heterocycles. The van der Waals surface area contributed by atoms with Crippen molar-refractivity contribution in [3.8, 4) is 0 Å². The number of aliphatic carboxylic acids is 1. The Morgan fingerprint density at radius 3 is 2.30 bits per heavy atom. The normalized spacial score (nSPS) is 13.6. The zero-order valence-corrected chi connectivity index (χ0v) is 12.7. The average Bonchev–Trinajstić information content (AvgIpc) is 2.22. The molecule has 10 heteroatoms. The van der Waals surface area contributed by atoms with Gasteiger partial charge in [0.2, 0.25) is 10.0 Å². The Labute approximate surface area is 118 Å². The molecule has 0 saturated carbocycles. The van der Waals surface area contributed by atoms with Crippen LogP contribution in [0.15, 0.2) is 0 Å². The van der Waals surface area contributed by atoms with Gasteiger partial charge in [-0.25, -0.2) is 22.7 Å². The number of rotatable bonds is 8. The first-order valence-electron chi connectivity index (χ1n) is 5.72. The van der Waals surface area contributed by atoms with Gasteiger partial charge in [-0.1, -0.05) is 0 Å². The van der Waals surface area contributed by atoms with Crippen LogP contribution in [-0.2, 0) is 19.6 Å². The maximum atomic E-state index is 11.5. The van der Waals surface area contributed by atoms with Crippen LogP contribution in [0.1, 0.15) is 13.8 Å². The minimum atomic E-state index is -3.41. The summed E-state index contributed by atoms with van der Waals surface area (Å²) in [5.74, 6) is -1.23. The van der Waals surface area contributed by atoms with Crippen molar-refractivity contribution in [2.24, 2.45) is 0 Å². The van der Waals surface area contributed by atoms with Crippen LogP contribution in [0.25, 0.3) is 0 Å². The van der Waals surface area contributed by atoms with Gasteiger partial charge in [0.05, 0.1) is 12.9 Å². The number of nitrogens with one attached hydrogen (secondary N) is 3. The second-order valence-corrected chi connectivity index (χ2v) is 6.68. The summed E-state index contributed by atoms with van der Waals surface area (Å²) in [4.78, 5) is 22.3. The van der Waals surface area contributed by atoms with E-state index in [1.807, 2.05) is 0 Å². The lowest BCUT2D eigenvalue weighted by atomic mass is 10.1. The van der Waals surface area contributed by atoms with E-state index >= 15 is 0 Å². The first-order valence-corrected chi connectivity index (χ1v) is 7.61. The minimum absolute atomic E-state index is 0.00871. The zero-order chi connectivity index (χ0) is 16.0. The SMILES string of the molecule is COCC(NC(=O)NCC(C)(C)NS(C)(=O)=O)C(=O)O. The molecule has 2 amide bonds. The van der Waals surface area contributed by atoms with E-state index in [0.717, 1.165) is 6.26 Å². The number of ether oxygens (including phenoxy) is 1. The molecule has 0 aliphatic rings. The second kappa shape index (κ2) is 7.41.